The highest BCUT2D eigenvalue weighted by Gasteiger charge is 2.41. The maximum Gasteiger partial charge on any atom is 0.455 e. The Kier molecular flexibility index (Phi) is 5.76. The van der Waals surface area contributed by atoms with Gasteiger partial charge in [0, 0.05) is 11.8 Å². The van der Waals surface area contributed by atoms with Gasteiger partial charge in [0.05, 0.1) is 18.4 Å². The second kappa shape index (κ2) is 7.81. The number of alkyl halides is 3. The minimum Gasteiger partial charge on any atom is -0.506 e. The van der Waals surface area contributed by atoms with Gasteiger partial charge in [0.1, 0.15) is 17.3 Å². The quantitative estimate of drug-likeness (QED) is 0.363. The van der Waals surface area contributed by atoms with Crippen LogP contribution in [0.1, 0.15) is 5.56 Å². The molecule has 8 heteroatoms. The zero-order valence-electron chi connectivity index (χ0n) is 13.4. The summed E-state index contributed by atoms with van der Waals surface area (Å²) in [6, 6.07) is 10.4. The Hall–Kier alpha value is -3.16. The summed E-state index contributed by atoms with van der Waals surface area (Å²) in [6.45, 7) is 0. The summed E-state index contributed by atoms with van der Waals surface area (Å²) in [6.07, 6.45) is -4.75. The summed E-state index contributed by atoms with van der Waals surface area (Å²) in [4.78, 5) is 15.2. The van der Waals surface area contributed by atoms with Crippen molar-refractivity contribution in [2.24, 2.45) is 4.99 Å². The Labute approximate surface area is 146 Å². The second-order valence-corrected chi connectivity index (χ2v) is 5.03. The number of ether oxygens (including phenoxy) is 1. The number of ketones is 1. The maximum absolute atomic E-state index is 13.6. The summed E-state index contributed by atoms with van der Waals surface area (Å²) in [7, 11) is 1.39. The van der Waals surface area contributed by atoms with Crippen LogP contribution in [0, 0.1) is 5.82 Å². The van der Waals surface area contributed by atoms with Gasteiger partial charge in [-0.1, -0.05) is 12.1 Å². The van der Waals surface area contributed by atoms with Gasteiger partial charge < -0.3 is 9.84 Å². The molecule has 0 fully saturated rings. The van der Waals surface area contributed by atoms with Crippen LogP contribution in [0.4, 0.5) is 23.2 Å². The highest BCUT2D eigenvalue weighted by molar-refractivity contribution is 6.20. The number of carbonyl (C=O) groups is 1. The zero-order valence-corrected chi connectivity index (χ0v) is 13.4. The number of aliphatic imine (C=N–C) groups is 1. The number of hydrogen-bond donors (Lipinski definition) is 1. The molecule has 136 valence electrons. The fourth-order valence-electron chi connectivity index (χ4n) is 1.97. The van der Waals surface area contributed by atoms with Crippen molar-refractivity contribution in [1.82, 2.24) is 0 Å². The lowest BCUT2D eigenvalue weighted by Gasteiger charge is -2.09. The van der Waals surface area contributed by atoms with Gasteiger partial charge in [-0.2, -0.15) is 13.2 Å². The molecule has 0 aliphatic carbocycles. The molecule has 0 saturated carbocycles. The first-order valence-corrected chi connectivity index (χ1v) is 7.22. The Balaban J connectivity index is 2.52. The van der Waals surface area contributed by atoms with Gasteiger partial charge in [0.15, 0.2) is 0 Å². The third kappa shape index (κ3) is 4.47. The third-order valence-corrected chi connectivity index (χ3v) is 3.31. The van der Waals surface area contributed by atoms with Crippen LogP contribution in [0.2, 0.25) is 0 Å². The van der Waals surface area contributed by atoms with Gasteiger partial charge in [0.25, 0.3) is 5.78 Å². The lowest BCUT2D eigenvalue weighted by atomic mass is 10.0. The summed E-state index contributed by atoms with van der Waals surface area (Å²) in [5.74, 6) is -3.61. The minimum atomic E-state index is -5.24. The Morgan fingerprint density at radius 1 is 1.12 bits per heavy atom. The standard InChI is InChI=1S/C18H13F4NO3/c1-26-12-8-6-11(7-9-12)16(24)13(17(25)18(20,21)22)10-23-15-5-3-2-4-14(15)19/h2-10,24H,1H3. The van der Waals surface area contributed by atoms with E-state index in [-0.39, 0.29) is 11.3 Å². The largest absolute Gasteiger partial charge is 0.506 e. The fraction of sp³-hybridized carbons (Fsp3) is 0.111. The van der Waals surface area contributed by atoms with Crippen molar-refractivity contribution in [3.63, 3.8) is 0 Å². The number of methoxy groups -OCH3 is 1. The number of halogens is 4. The molecule has 0 unspecified atom stereocenters. The summed E-state index contributed by atoms with van der Waals surface area (Å²) in [5.41, 5.74) is -1.44. The number of aliphatic hydroxyl groups excluding tert-OH is 1. The molecule has 0 bridgehead atoms. The molecular weight excluding hydrogens is 354 g/mol. The van der Waals surface area contributed by atoms with E-state index in [1.54, 1.807) is 0 Å². The van der Waals surface area contributed by atoms with Crippen molar-refractivity contribution in [3.8, 4) is 5.75 Å². The van der Waals surface area contributed by atoms with Gasteiger partial charge in [-0.15, -0.1) is 0 Å². The van der Waals surface area contributed by atoms with E-state index in [4.69, 9.17) is 4.74 Å². The van der Waals surface area contributed by atoms with E-state index in [1.807, 2.05) is 0 Å². The molecule has 0 aromatic heterocycles. The lowest BCUT2D eigenvalue weighted by Crippen LogP contribution is -2.26. The molecule has 0 amide bonds. The first-order valence-electron chi connectivity index (χ1n) is 7.22. The molecule has 0 aliphatic heterocycles. The number of benzene rings is 2. The summed E-state index contributed by atoms with van der Waals surface area (Å²) < 4.78 is 57.0. The predicted octanol–water partition coefficient (Wildman–Crippen LogP) is 4.64. The number of rotatable bonds is 5. The Morgan fingerprint density at radius 3 is 2.27 bits per heavy atom. The third-order valence-electron chi connectivity index (χ3n) is 3.31. The topological polar surface area (TPSA) is 58.9 Å². The van der Waals surface area contributed by atoms with E-state index in [9.17, 15) is 27.5 Å². The average molecular weight is 367 g/mol. The molecule has 4 nitrogen and oxygen atoms in total. The molecule has 0 radical (unpaired) electrons. The van der Waals surface area contributed by atoms with Crippen LogP contribution in [0.5, 0.6) is 5.75 Å². The normalized spacial score (nSPS) is 12.8. The van der Waals surface area contributed by atoms with Crippen LogP contribution in [0.3, 0.4) is 0 Å². The van der Waals surface area contributed by atoms with Crippen LogP contribution in [0.25, 0.3) is 5.76 Å². The van der Waals surface area contributed by atoms with Gasteiger partial charge in [0.2, 0.25) is 0 Å². The maximum atomic E-state index is 13.6. The molecule has 26 heavy (non-hydrogen) atoms. The number of Topliss-reactive ketones (excluding diaryl/α,β-unsaturated/α-hetero) is 1. The SMILES string of the molecule is COc1ccc(C(O)=C(C=Nc2ccccc2F)C(=O)C(F)(F)F)cc1. The van der Waals surface area contributed by atoms with Gasteiger partial charge in [-0.3, -0.25) is 9.79 Å². The number of nitrogens with zero attached hydrogens (tertiary/aromatic N) is 1. The first kappa shape index (κ1) is 19.2. The van der Waals surface area contributed by atoms with Crippen molar-refractivity contribution < 1.29 is 32.2 Å². The Morgan fingerprint density at radius 2 is 1.73 bits per heavy atom. The Bertz CT molecular complexity index is 855. The van der Waals surface area contributed by atoms with Crippen molar-refractivity contribution in [2.75, 3.05) is 7.11 Å². The monoisotopic (exact) mass is 367 g/mol. The zero-order chi connectivity index (χ0) is 19.3. The molecular formula is C18H13F4NO3. The van der Waals surface area contributed by atoms with Crippen molar-refractivity contribution in [3.05, 3.63) is 65.5 Å². The van der Waals surface area contributed by atoms with Crippen LogP contribution in [-0.2, 0) is 4.79 Å². The molecule has 1 N–H and O–H groups in total. The summed E-state index contributed by atoms with van der Waals surface area (Å²) >= 11 is 0. The molecule has 2 rings (SSSR count). The highest BCUT2D eigenvalue weighted by atomic mass is 19.4. The van der Waals surface area contributed by atoms with Gasteiger partial charge in [-0.05, 0) is 36.4 Å². The van der Waals surface area contributed by atoms with Crippen molar-refractivity contribution in [1.29, 1.82) is 0 Å². The van der Waals surface area contributed by atoms with Gasteiger partial charge >= 0.3 is 6.18 Å². The van der Waals surface area contributed by atoms with E-state index >= 15 is 0 Å². The predicted molar refractivity (Wildman–Crippen MR) is 88.2 cm³/mol. The van der Waals surface area contributed by atoms with Crippen molar-refractivity contribution in [2.45, 2.75) is 6.18 Å². The van der Waals surface area contributed by atoms with E-state index < -0.39 is 29.1 Å². The van der Waals surface area contributed by atoms with E-state index in [1.165, 1.54) is 49.6 Å². The number of aliphatic hydroxyl groups is 1. The number of allylic oxidation sites excluding steroid dienone is 1. The second-order valence-electron chi connectivity index (χ2n) is 5.03. The number of para-hydroxylation sites is 1. The molecule has 0 spiro atoms. The van der Waals surface area contributed by atoms with E-state index in [0.717, 1.165) is 6.07 Å². The highest BCUT2D eigenvalue weighted by Crippen LogP contribution is 2.26. The summed E-state index contributed by atoms with van der Waals surface area (Å²) in [5, 5.41) is 10.2. The lowest BCUT2D eigenvalue weighted by molar-refractivity contribution is -0.165. The molecule has 0 saturated heterocycles. The van der Waals surface area contributed by atoms with E-state index in [0.29, 0.717) is 12.0 Å². The van der Waals surface area contributed by atoms with E-state index in [2.05, 4.69) is 4.99 Å². The molecule has 0 aliphatic rings. The number of carbonyl (C=O) groups excluding carboxylic acids is 1. The van der Waals surface area contributed by atoms with Crippen LogP contribution in [0.15, 0.2) is 59.1 Å². The average Bonchev–Trinajstić information content (AvgIpc) is 2.62. The van der Waals surface area contributed by atoms with Crippen LogP contribution >= 0.6 is 0 Å². The molecule has 0 heterocycles. The fourth-order valence-corrected chi connectivity index (χ4v) is 1.97. The van der Waals surface area contributed by atoms with Crippen LogP contribution in [-0.4, -0.2) is 30.4 Å². The van der Waals surface area contributed by atoms with Gasteiger partial charge in [-0.25, -0.2) is 4.39 Å². The van der Waals surface area contributed by atoms with Crippen LogP contribution < -0.4 is 4.74 Å². The molecule has 2 aromatic rings. The first-order chi connectivity index (χ1) is 12.2. The smallest absolute Gasteiger partial charge is 0.455 e. The molecule has 2 aromatic carbocycles. The molecule has 0 atom stereocenters. The van der Waals surface area contributed by atoms with Crippen molar-refractivity contribution >= 4 is 23.4 Å². The minimum absolute atomic E-state index is 0.0571. The number of hydrogen-bond acceptors (Lipinski definition) is 4.